The van der Waals surface area contributed by atoms with E-state index in [4.69, 9.17) is 4.55 Å². The Labute approximate surface area is 133 Å². The van der Waals surface area contributed by atoms with E-state index in [1.165, 1.54) is 4.90 Å². The third-order valence-electron chi connectivity index (χ3n) is 4.15. The van der Waals surface area contributed by atoms with Gasteiger partial charge in [-0.3, -0.25) is 14.8 Å². The van der Waals surface area contributed by atoms with Crippen molar-refractivity contribution in [1.82, 2.24) is 25.7 Å². The van der Waals surface area contributed by atoms with Crippen molar-refractivity contribution in [2.45, 2.75) is 31.3 Å². The number of hydrogen-bond donors (Lipinski definition) is 3. The minimum Gasteiger partial charge on any atom is -0.309 e. The first kappa shape index (κ1) is 16.4. The highest BCUT2D eigenvalue weighted by Crippen LogP contribution is 2.30. The molecule has 0 radical (unpaired) electrons. The molecule has 0 unspecified atom stereocenters. The van der Waals surface area contributed by atoms with E-state index in [1.54, 1.807) is 5.01 Å². The van der Waals surface area contributed by atoms with Crippen LogP contribution in [0.15, 0.2) is 0 Å². The van der Waals surface area contributed by atoms with Gasteiger partial charge in [0.25, 0.3) is 5.91 Å². The molecule has 3 amide bonds. The van der Waals surface area contributed by atoms with E-state index < -0.39 is 28.5 Å². The van der Waals surface area contributed by atoms with Crippen LogP contribution in [-0.2, 0) is 19.5 Å². The van der Waals surface area contributed by atoms with Crippen LogP contribution in [0.25, 0.3) is 0 Å². The van der Waals surface area contributed by atoms with Crippen molar-refractivity contribution in [3.8, 4) is 0 Å². The Morgan fingerprint density at radius 3 is 2.83 bits per heavy atom. The molecule has 0 saturated carbocycles. The van der Waals surface area contributed by atoms with Crippen LogP contribution in [0.1, 0.15) is 19.3 Å². The van der Waals surface area contributed by atoms with E-state index in [1.807, 2.05) is 0 Å². The van der Waals surface area contributed by atoms with E-state index >= 15 is 0 Å². The molecule has 0 spiro atoms. The van der Waals surface area contributed by atoms with E-state index in [0.29, 0.717) is 24.6 Å². The summed E-state index contributed by atoms with van der Waals surface area (Å²) in [7, 11) is -4.78. The van der Waals surface area contributed by atoms with Crippen molar-refractivity contribution < 1.29 is 26.8 Å². The maximum atomic E-state index is 12.4. The summed E-state index contributed by atoms with van der Waals surface area (Å²) in [6.45, 7) is 2.34. The van der Waals surface area contributed by atoms with Gasteiger partial charge in [-0.05, 0) is 25.8 Å². The molecule has 11 nitrogen and oxygen atoms in total. The summed E-state index contributed by atoms with van der Waals surface area (Å²) in [5.41, 5.74) is 2.77. The smallest absolute Gasteiger partial charge is 0.309 e. The number of amides is 3. The van der Waals surface area contributed by atoms with Crippen LogP contribution in [0, 0.1) is 0 Å². The van der Waals surface area contributed by atoms with Crippen molar-refractivity contribution in [3.05, 3.63) is 0 Å². The van der Waals surface area contributed by atoms with Gasteiger partial charge >= 0.3 is 16.4 Å². The Hall–Kier alpha value is -1.47. The van der Waals surface area contributed by atoms with E-state index in [0.717, 1.165) is 19.5 Å². The summed E-state index contributed by atoms with van der Waals surface area (Å²) in [4.78, 5) is 25.9. The number of carbonyl (C=O) groups excluding carboxylic acids is 2. The Morgan fingerprint density at radius 1 is 1.39 bits per heavy atom. The molecule has 0 aliphatic carbocycles. The monoisotopic (exact) mass is 349 g/mol. The lowest BCUT2D eigenvalue weighted by Crippen LogP contribution is -2.57. The molecule has 12 heteroatoms. The molecule has 3 aliphatic heterocycles. The molecular formula is C11H19N5O6S. The van der Waals surface area contributed by atoms with E-state index in [-0.39, 0.29) is 12.5 Å². The van der Waals surface area contributed by atoms with Crippen molar-refractivity contribution in [2.24, 2.45) is 0 Å². The second-order valence-electron chi connectivity index (χ2n) is 5.76. The first-order valence-corrected chi connectivity index (χ1v) is 8.74. The number of hydroxylamine groups is 2. The first-order valence-electron chi connectivity index (χ1n) is 7.38. The van der Waals surface area contributed by atoms with Crippen LogP contribution < -0.4 is 10.7 Å². The summed E-state index contributed by atoms with van der Waals surface area (Å²) in [5, 5.41) is 5.50. The fourth-order valence-corrected chi connectivity index (χ4v) is 3.51. The fraction of sp³-hybridized carbons (Fsp3) is 0.818. The molecule has 0 aromatic rings. The predicted octanol–water partition coefficient (Wildman–Crippen LogP) is -1.73. The molecule has 23 heavy (non-hydrogen) atoms. The number of hydrazine groups is 1. The molecule has 3 fully saturated rings. The number of piperidine rings is 1. The molecule has 2 bridgehead atoms. The number of nitrogens with zero attached hydrogens (tertiary/aromatic N) is 3. The van der Waals surface area contributed by atoms with E-state index in [2.05, 4.69) is 15.0 Å². The summed E-state index contributed by atoms with van der Waals surface area (Å²) in [6.07, 6.45) is 1.72. The van der Waals surface area contributed by atoms with Gasteiger partial charge < -0.3 is 10.2 Å². The largest absolute Gasteiger partial charge is 0.418 e. The zero-order valence-corrected chi connectivity index (χ0v) is 13.2. The third-order valence-corrected chi connectivity index (χ3v) is 4.50. The number of nitrogens with one attached hydrogen (secondary N) is 2. The highest BCUT2D eigenvalue weighted by atomic mass is 32.3. The fourth-order valence-electron chi connectivity index (χ4n) is 3.12. The molecule has 0 aromatic carbocycles. The van der Waals surface area contributed by atoms with Crippen LogP contribution in [-0.4, -0.2) is 78.3 Å². The van der Waals surface area contributed by atoms with Crippen molar-refractivity contribution in [1.29, 1.82) is 0 Å². The highest BCUT2D eigenvalue weighted by Gasteiger charge is 2.49. The van der Waals surface area contributed by atoms with Crippen LogP contribution in [0.4, 0.5) is 4.79 Å². The van der Waals surface area contributed by atoms with Crippen molar-refractivity contribution >= 4 is 22.3 Å². The van der Waals surface area contributed by atoms with Gasteiger partial charge in [0.15, 0.2) is 0 Å². The Bertz CT molecular complexity index is 592. The molecule has 3 rings (SSSR count). The third kappa shape index (κ3) is 3.55. The lowest BCUT2D eigenvalue weighted by atomic mass is 10.0. The van der Waals surface area contributed by atoms with Crippen LogP contribution in [0.5, 0.6) is 0 Å². The Kier molecular flexibility index (Phi) is 4.42. The zero-order chi connectivity index (χ0) is 16.6. The second kappa shape index (κ2) is 6.20. The summed E-state index contributed by atoms with van der Waals surface area (Å²) in [6, 6.07) is -1.91. The van der Waals surface area contributed by atoms with Gasteiger partial charge in [0, 0.05) is 13.1 Å². The Morgan fingerprint density at radius 2 is 2.17 bits per heavy atom. The second-order valence-corrected chi connectivity index (χ2v) is 6.77. The quantitative estimate of drug-likeness (QED) is 0.511. The van der Waals surface area contributed by atoms with Gasteiger partial charge in [-0.1, -0.05) is 0 Å². The Balaban J connectivity index is 1.64. The topological polar surface area (TPSA) is 132 Å². The van der Waals surface area contributed by atoms with Crippen molar-refractivity contribution in [3.63, 3.8) is 0 Å². The average Bonchev–Trinajstić information content (AvgIpc) is 2.72. The minimum absolute atomic E-state index is 0.185. The standard InChI is InChI=1S/C11H19N5O6S/c17-10(13-14-5-1-4-12-7-14)9-3-2-8-6-15(9)11(18)16(8)22-23(19,20)21/h8-9,12H,1-7H2,(H,13,17)(H,19,20,21)/t8-,9+/m1/s1. The maximum Gasteiger partial charge on any atom is 0.418 e. The minimum atomic E-state index is -4.78. The number of urea groups is 1. The molecule has 3 saturated heterocycles. The summed E-state index contributed by atoms with van der Waals surface area (Å²) >= 11 is 0. The number of fused-ring (bicyclic) bond motifs is 2. The SMILES string of the molecule is O=C(NN1CCCNC1)[C@@H]1CC[C@@H]2CN1C(=O)N2OS(=O)(=O)O. The molecular weight excluding hydrogens is 330 g/mol. The first-order chi connectivity index (χ1) is 10.8. The predicted molar refractivity (Wildman–Crippen MR) is 75.7 cm³/mol. The normalized spacial score (nSPS) is 29.0. The summed E-state index contributed by atoms with van der Waals surface area (Å²) in [5.74, 6) is -0.311. The van der Waals surface area contributed by atoms with Crippen molar-refractivity contribution in [2.75, 3.05) is 26.3 Å². The number of rotatable bonds is 4. The molecule has 0 aromatic heterocycles. The molecule has 3 heterocycles. The van der Waals surface area contributed by atoms with E-state index in [9.17, 15) is 18.0 Å². The number of hydrogen-bond acceptors (Lipinski definition) is 7. The molecule has 2 atom stereocenters. The molecule has 3 N–H and O–H groups in total. The molecule has 3 aliphatic rings. The highest BCUT2D eigenvalue weighted by molar-refractivity contribution is 7.80. The van der Waals surface area contributed by atoms with Crippen LogP contribution >= 0.6 is 0 Å². The van der Waals surface area contributed by atoms with Gasteiger partial charge in [-0.25, -0.2) is 9.80 Å². The average molecular weight is 349 g/mol. The van der Waals surface area contributed by atoms with Crippen LogP contribution in [0.2, 0.25) is 0 Å². The van der Waals surface area contributed by atoms with Gasteiger partial charge in [-0.2, -0.15) is 13.5 Å². The summed E-state index contributed by atoms with van der Waals surface area (Å²) < 4.78 is 34.7. The number of carbonyl (C=O) groups is 2. The lowest BCUT2D eigenvalue weighted by Gasteiger charge is -2.33. The molecule has 130 valence electrons. The van der Waals surface area contributed by atoms with Gasteiger partial charge in [0.1, 0.15) is 6.04 Å². The zero-order valence-electron chi connectivity index (χ0n) is 12.3. The lowest BCUT2D eigenvalue weighted by molar-refractivity contribution is -0.131. The van der Waals surface area contributed by atoms with Gasteiger partial charge in [0.05, 0.1) is 12.7 Å². The maximum absolute atomic E-state index is 12.4. The van der Waals surface area contributed by atoms with Gasteiger partial charge in [-0.15, -0.1) is 4.28 Å². The van der Waals surface area contributed by atoms with Gasteiger partial charge in [0.2, 0.25) is 0 Å². The van der Waals surface area contributed by atoms with Crippen LogP contribution in [0.3, 0.4) is 0 Å².